The SMILES string of the molecule is CCC(=O)Nc1ccc(CN/C=C2\C(=O)NC(=O)c3ccc(I)cc32)cc1O. The number of amides is 3. The molecule has 0 saturated heterocycles. The van der Waals surface area contributed by atoms with Crippen molar-refractivity contribution in [2.75, 3.05) is 5.32 Å². The monoisotopic (exact) mass is 491 g/mol. The minimum atomic E-state index is -0.465. The van der Waals surface area contributed by atoms with E-state index in [2.05, 4.69) is 38.5 Å². The molecule has 3 amide bonds. The van der Waals surface area contributed by atoms with Gasteiger partial charge in [-0.3, -0.25) is 19.7 Å². The fourth-order valence-electron chi connectivity index (χ4n) is 2.74. The first-order valence-corrected chi connectivity index (χ1v) is 9.67. The Morgan fingerprint density at radius 1 is 1.14 bits per heavy atom. The molecule has 8 heteroatoms. The van der Waals surface area contributed by atoms with E-state index < -0.39 is 11.8 Å². The van der Waals surface area contributed by atoms with Crippen molar-refractivity contribution < 1.29 is 19.5 Å². The lowest BCUT2D eigenvalue weighted by Crippen LogP contribution is -2.37. The van der Waals surface area contributed by atoms with E-state index >= 15 is 0 Å². The molecule has 1 aliphatic rings. The lowest BCUT2D eigenvalue weighted by molar-refractivity contribution is -0.116. The number of rotatable bonds is 5. The van der Waals surface area contributed by atoms with Crippen molar-refractivity contribution in [2.45, 2.75) is 19.9 Å². The average molecular weight is 491 g/mol. The van der Waals surface area contributed by atoms with Crippen LogP contribution in [0.3, 0.4) is 0 Å². The summed E-state index contributed by atoms with van der Waals surface area (Å²) in [6.45, 7) is 2.08. The molecule has 2 aromatic carbocycles. The van der Waals surface area contributed by atoms with Crippen LogP contribution in [0.5, 0.6) is 5.75 Å². The van der Waals surface area contributed by atoms with Gasteiger partial charge in [0.2, 0.25) is 5.91 Å². The lowest BCUT2D eigenvalue weighted by atomic mass is 9.95. The molecule has 0 saturated carbocycles. The molecular formula is C20H18IN3O4. The number of nitrogens with one attached hydrogen (secondary N) is 3. The third kappa shape index (κ3) is 4.33. The van der Waals surface area contributed by atoms with Gasteiger partial charge in [-0.15, -0.1) is 0 Å². The van der Waals surface area contributed by atoms with Gasteiger partial charge >= 0.3 is 0 Å². The second-order valence-electron chi connectivity index (χ2n) is 6.17. The Hall–Kier alpha value is -2.88. The summed E-state index contributed by atoms with van der Waals surface area (Å²) in [4.78, 5) is 35.6. The summed E-state index contributed by atoms with van der Waals surface area (Å²) in [7, 11) is 0. The molecule has 2 aromatic rings. The molecule has 0 atom stereocenters. The van der Waals surface area contributed by atoms with Gasteiger partial charge in [0.15, 0.2) is 0 Å². The molecule has 0 unspecified atom stereocenters. The molecule has 28 heavy (non-hydrogen) atoms. The predicted octanol–water partition coefficient (Wildman–Crippen LogP) is 2.75. The number of carbonyl (C=O) groups excluding carboxylic acids is 3. The molecule has 0 radical (unpaired) electrons. The highest BCUT2D eigenvalue weighted by Crippen LogP contribution is 2.26. The third-order valence-electron chi connectivity index (χ3n) is 4.20. The molecule has 0 bridgehead atoms. The number of phenols is 1. The first-order valence-electron chi connectivity index (χ1n) is 8.60. The Labute approximate surface area is 175 Å². The molecule has 0 spiro atoms. The second kappa shape index (κ2) is 8.42. The van der Waals surface area contributed by atoms with Crippen molar-refractivity contribution in [1.29, 1.82) is 0 Å². The normalized spacial score (nSPS) is 14.4. The minimum Gasteiger partial charge on any atom is -0.506 e. The van der Waals surface area contributed by atoms with Crippen molar-refractivity contribution in [3.05, 3.63) is 62.9 Å². The highest BCUT2D eigenvalue weighted by atomic mass is 127. The van der Waals surface area contributed by atoms with E-state index in [4.69, 9.17) is 0 Å². The standard InChI is InChI=1S/C20H18IN3O4/c1-2-18(26)23-16-6-3-11(7-17(16)25)9-22-10-15-14-8-12(21)4-5-13(14)19(27)24-20(15)28/h3-8,10,22,25H,2,9H2,1H3,(H,23,26)(H,24,27,28)/b15-10-. The number of benzene rings is 2. The molecule has 7 nitrogen and oxygen atoms in total. The minimum absolute atomic E-state index is 0.0327. The number of carbonyl (C=O) groups is 3. The van der Waals surface area contributed by atoms with Crippen LogP contribution in [-0.2, 0) is 16.1 Å². The van der Waals surface area contributed by atoms with Crippen LogP contribution in [-0.4, -0.2) is 22.8 Å². The Morgan fingerprint density at radius 2 is 1.93 bits per heavy atom. The lowest BCUT2D eigenvalue weighted by Gasteiger charge is -2.18. The van der Waals surface area contributed by atoms with Crippen LogP contribution in [0.25, 0.3) is 5.57 Å². The summed E-state index contributed by atoms with van der Waals surface area (Å²) in [5.41, 5.74) is 2.50. The molecule has 144 valence electrons. The van der Waals surface area contributed by atoms with E-state index in [0.717, 1.165) is 9.13 Å². The van der Waals surface area contributed by atoms with Gasteiger partial charge in [0, 0.05) is 33.9 Å². The van der Waals surface area contributed by atoms with Gasteiger partial charge in [-0.1, -0.05) is 13.0 Å². The predicted molar refractivity (Wildman–Crippen MR) is 113 cm³/mol. The smallest absolute Gasteiger partial charge is 0.260 e. The number of anilines is 1. The van der Waals surface area contributed by atoms with Gasteiger partial charge in [-0.2, -0.15) is 0 Å². The molecule has 1 aliphatic heterocycles. The average Bonchev–Trinajstić information content (AvgIpc) is 2.66. The number of imide groups is 1. The van der Waals surface area contributed by atoms with E-state index in [-0.39, 0.29) is 11.7 Å². The molecule has 1 heterocycles. The van der Waals surface area contributed by atoms with Crippen molar-refractivity contribution in [3.8, 4) is 5.75 Å². The van der Waals surface area contributed by atoms with Crippen LogP contribution in [0.4, 0.5) is 5.69 Å². The molecule has 0 aromatic heterocycles. The Bertz CT molecular complexity index is 1000. The summed E-state index contributed by atoms with van der Waals surface area (Å²) >= 11 is 2.13. The zero-order valence-electron chi connectivity index (χ0n) is 15.0. The fraction of sp³-hybridized carbons (Fsp3) is 0.150. The van der Waals surface area contributed by atoms with Crippen LogP contribution in [0, 0.1) is 3.57 Å². The van der Waals surface area contributed by atoms with Crippen molar-refractivity contribution in [3.63, 3.8) is 0 Å². The maximum atomic E-state index is 12.2. The summed E-state index contributed by atoms with van der Waals surface area (Å²) in [5.74, 6) is -1.10. The number of halogens is 1. The Morgan fingerprint density at radius 3 is 2.64 bits per heavy atom. The summed E-state index contributed by atoms with van der Waals surface area (Å²) < 4.78 is 0.916. The molecular weight excluding hydrogens is 473 g/mol. The molecule has 0 fully saturated rings. The maximum Gasteiger partial charge on any atom is 0.260 e. The van der Waals surface area contributed by atoms with Gasteiger partial charge in [0.1, 0.15) is 5.75 Å². The Balaban J connectivity index is 1.76. The number of hydrogen-bond donors (Lipinski definition) is 4. The van der Waals surface area contributed by atoms with Gasteiger partial charge in [-0.05, 0) is 58.5 Å². The van der Waals surface area contributed by atoms with Crippen LogP contribution in [0.1, 0.15) is 34.8 Å². The number of aromatic hydroxyl groups is 1. The van der Waals surface area contributed by atoms with Crippen molar-refractivity contribution >= 4 is 51.6 Å². The first-order chi connectivity index (χ1) is 13.4. The largest absolute Gasteiger partial charge is 0.506 e. The Kier molecular flexibility index (Phi) is 5.98. The van der Waals surface area contributed by atoms with E-state index in [1.54, 1.807) is 37.4 Å². The molecule has 4 N–H and O–H groups in total. The topological polar surface area (TPSA) is 108 Å². The van der Waals surface area contributed by atoms with Crippen molar-refractivity contribution in [1.82, 2.24) is 10.6 Å². The highest BCUT2D eigenvalue weighted by Gasteiger charge is 2.27. The van der Waals surface area contributed by atoms with Gasteiger partial charge in [-0.25, -0.2) is 0 Å². The quantitative estimate of drug-likeness (QED) is 0.223. The summed E-state index contributed by atoms with van der Waals surface area (Å²) in [6, 6.07) is 10.2. The molecule has 0 aliphatic carbocycles. The van der Waals surface area contributed by atoms with Crippen LogP contribution in [0.15, 0.2) is 42.6 Å². The zero-order valence-corrected chi connectivity index (χ0v) is 17.2. The number of fused-ring (bicyclic) bond motifs is 1. The maximum absolute atomic E-state index is 12.2. The second-order valence-corrected chi connectivity index (χ2v) is 7.41. The van der Waals surface area contributed by atoms with Crippen LogP contribution < -0.4 is 16.0 Å². The summed E-state index contributed by atoms with van der Waals surface area (Å²) in [5, 5.41) is 18.0. The van der Waals surface area contributed by atoms with Gasteiger partial charge < -0.3 is 15.7 Å². The van der Waals surface area contributed by atoms with Gasteiger partial charge in [0.25, 0.3) is 11.8 Å². The first kappa shape index (κ1) is 19.9. The van der Waals surface area contributed by atoms with Gasteiger partial charge in [0.05, 0.1) is 11.3 Å². The van der Waals surface area contributed by atoms with E-state index in [1.165, 1.54) is 6.07 Å². The number of hydrogen-bond acceptors (Lipinski definition) is 5. The number of phenolic OH excluding ortho intramolecular Hbond substituents is 1. The fourth-order valence-corrected chi connectivity index (χ4v) is 3.23. The van der Waals surface area contributed by atoms with E-state index in [0.29, 0.717) is 35.4 Å². The van der Waals surface area contributed by atoms with Crippen molar-refractivity contribution in [2.24, 2.45) is 0 Å². The highest BCUT2D eigenvalue weighted by molar-refractivity contribution is 14.1. The molecule has 3 rings (SSSR count). The zero-order chi connectivity index (χ0) is 20.3. The van der Waals surface area contributed by atoms with E-state index in [9.17, 15) is 19.5 Å². The summed E-state index contributed by atoms with van der Waals surface area (Å²) in [6.07, 6.45) is 1.88. The third-order valence-corrected chi connectivity index (χ3v) is 4.87. The van der Waals surface area contributed by atoms with Crippen LogP contribution >= 0.6 is 22.6 Å². The van der Waals surface area contributed by atoms with Crippen LogP contribution in [0.2, 0.25) is 0 Å². The van der Waals surface area contributed by atoms with E-state index in [1.807, 2.05) is 6.07 Å².